The van der Waals surface area contributed by atoms with Crippen molar-refractivity contribution in [2.75, 3.05) is 26.3 Å². The van der Waals surface area contributed by atoms with Crippen LogP contribution < -0.4 is 5.32 Å². The minimum atomic E-state index is -3.52. The summed E-state index contributed by atoms with van der Waals surface area (Å²) in [6.45, 7) is 5.69. The molecule has 1 aromatic carbocycles. The van der Waals surface area contributed by atoms with Gasteiger partial charge in [0.15, 0.2) is 0 Å². The molecule has 1 aliphatic heterocycles. The van der Waals surface area contributed by atoms with Crippen molar-refractivity contribution in [3.05, 3.63) is 29.8 Å². The molecule has 140 valence electrons. The Balaban J connectivity index is 1.97. The van der Waals surface area contributed by atoms with Gasteiger partial charge in [0, 0.05) is 24.7 Å². The molecule has 1 atom stereocenters. The lowest BCUT2D eigenvalue weighted by Gasteiger charge is -2.26. The number of rotatable bonds is 8. The summed E-state index contributed by atoms with van der Waals surface area (Å²) in [5, 5.41) is 2.96. The van der Waals surface area contributed by atoms with Gasteiger partial charge >= 0.3 is 0 Å². The van der Waals surface area contributed by atoms with Crippen LogP contribution in [0, 0.1) is 0 Å². The van der Waals surface area contributed by atoms with E-state index in [2.05, 4.69) is 12.2 Å². The van der Waals surface area contributed by atoms with Crippen molar-refractivity contribution in [3.8, 4) is 0 Å². The summed E-state index contributed by atoms with van der Waals surface area (Å²) in [7, 11) is -3.52. The second kappa shape index (κ2) is 9.31. The summed E-state index contributed by atoms with van der Waals surface area (Å²) in [5.41, 5.74) is 0.475. The Morgan fingerprint density at radius 1 is 1.20 bits per heavy atom. The van der Waals surface area contributed by atoms with Crippen LogP contribution in [0.1, 0.15) is 49.9 Å². The zero-order chi connectivity index (χ0) is 18.3. The lowest BCUT2D eigenvalue weighted by atomic mass is 10.1. The van der Waals surface area contributed by atoms with E-state index in [1.807, 2.05) is 6.92 Å². The summed E-state index contributed by atoms with van der Waals surface area (Å²) in [6.07, 6.45) is 4.35. The smallest absolute Gasteiger partial charge is 0.251 e. The molecule has 0 unspecified atom stereocenters. The van der Waals surface area contributed by atoms with Crippen LogP contribution in [0.15, 0.2) is 29.2 Å². The van der Waals surface area contributed by atoms with E-state index in [1.165, 1.54) is 16.4 Å². The molecule has 0 saturated carbocycles. The maximum absolute atomic E-state index is 12.6. The number of ether oxygens (including phenoxy) is 1. The largest absolute Gasteiger partial charge is 0.379 e. The van der Waals surface area contributed by atoms with Crippen molar-refractivity contribution >= 4 is 15.9 Å². The van der Waals surface area contributed by atoms with Crippen molar-refractivity contribution in [2.24, 2.45) is 0 Å². The molecule has 1 amide bonds. The van der Waals surface area contributed by atoms with E-state index >= 15 is 0 Å². The number of carbonyl (C=O) groups is 1. The molecule has 25 heavy (non-hydrogen) atoms. The van der Waals surface area contributed by atoms with Crippen molar-refractivity contribution < 1.29 is 17.9 Å². The first-order valence-electron chi connectivity index (χ1n) is 8.94. The van der Waals surface area contributed by atoms with Crippen molar-refractivity contribution in [3.63, 3.8) is 0 Å². The third-order valence-corrected chi connectivity index (χ3v) is 6.26. The standard InChI is InChI=1S/C18H28N2O4S/c1-3-4-5-6-15(2)19-18(21)16-7-9-17(10-8-16)25(22,23)20-11-13-24-14-12-20/h7-10,15H,3-6,11-14H2,1-2H3,(H,19,21)/t15-/m0/s1. The Labute approximate surface area is 150 Å². The van der Waals surface area contributed by atoms with E-state index in [1.54, 1.807) is 12.1 Å². The Morgan fingerprint density at radius 2 is 1.84 bits per heavy atom. The number of nitrogens with zero attached hydrogens (tertiary/aromatic N) is 1. The van der Waals surface area contributed by atoms with Gasteiger partial charge in [0.25, 0.3) is 5.91 Å². The average molecular weight is 368 g/mol. The Hall–Kier alpha value is -1.44. The molecule has 1 N–H and O–H groups in total. The Bertz CT molecular complexity index is 652. The van der Waals surface area contributed by atoms with E-state index in [4.69, 9.17) is 4.74 Å². The van der Waals surface area contributed by atoms with E-state index in [0.717, 1.165) is 25.7 Å². The lowest BCUT2D eigenvalue weighted by Crippen LogP contribution is -2.40. The molecule has 1 aliphatic rings. The van der Waals surface area contributed by atoms with Gasteiger partial charge in [0.1, 0.15) is 0 Å². The van der Waals surface area contributed by atoms with E-state index in [-0.39, 0.29) is 16.8 Å². The Kier molecular flexibility index (Phi) is 7.40. The molecular weight excluding hydrogens is 340 g/mol. The van der Waals surface area contributed by atoms with Crippen LogP contribution in [0.5, 0.6) is 0 Å². The Morgan fingerprint density at radius 3 is 2.44 bits per heavy atom. The number of nitrogens with one attached hydrogen (secondary N) is 1. The van der Waals surface area contributed by atoms with Crippen LogP contribution in [0.4, 0.5) is 0 Å². The maximum atomic E-state index is 12.6. The average Bonchev–Trinajstić information content (AvgIpc) is 2.62. The monoisotopic (exact) mass is 368 g/mol. The first-order chi connectivity index (χ1) is 11.9. The predicted octanol–water partition coefficient (Wildman–Crippen LogP) is 2.41. The number of benzene rings is 1. The van der Waals surface area contributed by atoms with Crippen LogP contribution in [-0.4, -0.2) is 51.0 Å². The van der Waals surface area contributed by atoms with Gasteiger partial charge in [-0.25, -0.2) is 8.42 Å². The van der Waals surface area contributed by atoms with Gasteiger partial charge < -0.3 is 10.1 Å². The van der Waals surface area contributed by atoms with Crippen LogP contribution in [0.3, 0.4) is 0 Å². The third-order valence-electron chi connectivity index (χ3n) is 4.34. The minimum Gasteiger partial charge on any atom is -0.379 e. The van der Waals surface area contributed by atoms with Crippen LogP contribution in [0.2, 0.25) is 0 Å². The van der Waals surface area contributed by atoms with Crippen molar-refractivity contribution in [1.29, 1.82) is 0 Å². The molecular formula is C18H28N2O4S. The number of hydrogen-bond acceptors (Lipinski definition) is 4. The summed E-state index contributed by atoms with van der Waals surface area (Å²) in [5.74, 6) is -0.167. The van der Waals surface area contributed by atoms with Crippen molar-refractivity contribution in [1.82, 2.24) is 9.62 Å². The van der Waals surface area contributed by atoms with Gasteiger partial charge in [-0.2, -0.15) is 4.31 Å². The topological polar surface area (TPSA) is 75.7 Å². The minimum absolute atomic E-state index is 0.107. The number of morpholine rings is 1. The normalized spacial score (nSPS) is 17.2. The zero-order valence-corrected chi connectivity index (χ0v) is 15.8. The second-order valence-electron chi connectivity index (χ2n) is 6.41. The van der Waals surface area contributed by atoms with E-state index in [9.17, 15) is 13.2 Å². The number of unbranched alkanes of at least 4 members (excludes halogenated alkanes) is 2. The van der Waals surface area contributed by atoms with Crippen molar-refractivity contribution in [2.45, 2.75) is 50.5 Å². The molecule has 0 aromatic heterocycles. The summed E-state index contributed by atoms with van der Waals surface area (Å²) < 4.78 is 31.7. The van der Waals surface area contributed by atoms with Gasteiger partial charge in [-0.3, -0.25) is 4.79 Å². The van der Waals surface area contributed by atoms with Gasteiger partial charge in [0.05, 0.1) is 18.1 Å². The zero-order valence-electron chi connectivity index (χ0n) is 15.0. The number of amides is 1. The molecule has 2 rings (SSSR count). The molecule has 6 nitrogen and oxygen atoms in total. The van der Waals surface area contributed by atoms with Crippen LogP contribution in [-0.2, 0) is 14.8 Å². The fraction of sp³-hybridized carbons (Fsp3) is 0.611. The first kappa shape index (κ1) is 19.9. The molecule has 1 aromatic rings. The molecule has 1 fully saturated rings. The molecule has 0 aliphatic carbocycles. The van der Waals surface area contributed by atoms with Crippen LogP contribution in [0.25, 0.3) is 0 Å². The van der Waals surface area contributed by atoms with E-state index < -0.39 is 10.0 Å². The van der Waals surface area contributed by atoms with Crippen LogP contribution >= 0.6 is 0 Å². The predicted molar refractivity (Wildman–Crippen MR) is 97.1 cm³/mol. The fourth-order valence-electron chi connectivity index (χ4n) is 2.79. The second-order valence-corrected chi connectivity index (χ2v) is 8.35. The van der Waals surface area contributed by atoms with Gasteiger partial charge in [-0.15, -0.1) is 0 Å². The highest BCUT2D eigenvalue weighted by Gasteiger charge is 2.26. The molecule has 0 bridgehead atoms. The maximum Gasteiger partial charge on any atom is 0.251 e. The number of carbonyl (C=O) groups excluding carboxylic acids is 1. The summed E-state index contributed by atoms with van der Waals surface area (Å²) >= 11 is 0. The summed E-state index contributed by atoms with van der Waals surface area (Å²) in [6, 6.07) is 6.25. The highest BCUT2D eigenvalue weighted by molar-refractivity contribution is 7.89. The number of hydrogen-bond donors (Lipinski definition) is 1. The molecule has 1 heterocycles. The molecule has 0 spiro atoms. The third kappa shape index (κ3) is 5.52. The van der Waals surface area contributed by atoms with Gasteiger partial charge in [-0.05, 0) is 37.6 Å². The number of sulfonamides is 1. The molecule has 0 radical (unpaired) electrons. The first-order valence-corrected chi connectivity index (χ1v) is 10.4. The quantitative estimate of drug-likeness (QED) is 0.715. The molecule has 1 saturated heterocycles. The lowest BCUT2D eigenvalue weighted by molar-refractivity contribution is 0.0730. The van der Waals surface area contributed by atoms with E-state index in [0.29, 0.717) is 31.9 Å². The highest BCUT2D eigenvalue weighted by atomic mass is 32.2. The van der Waals surface area contributed by atoms with Gasteiger partial charge in [0.2, 0.25) is 10.0 Å². The van der Waals surface area contributed by atoms with Gasteiger partial charge in [-0.1, -0.05) is 26.2 Å². The highest BCUT2D eigenvalue weighted by Crippen LogP contribution is 2.18. The molecule has 7 heteroatoms. The SMILES string of the molecule is CCCCC[C@H](C)NC(=O)c1ccc(S(=O)(=O)N2CCOCC2)cc1. The summed E-state index contributed by atoms with van der Waals surface area (Å²) in [4.78, 5) is 12.5. The fourth-order valence-corrected chi connectivity index (χ4v) is 4.20.